The van der Waals surface area contributed by atoms with Crippen molar-refractivity contribution in [1.29, 1.82) is 0 Å². The van der Waals surface area contributed by atoms with Crippen LogP contribution < -0.4 is 10.5 Å². The van der Waals surface area contributed by atoms with Crippen LogP contribution in [0.15, 0.2) is 18.2 Å². The average Bonchev–Trinajstić information content (AvgIpc) is 2.75. The zero-order valence-electron chi connectivity index (χ0n) is 10.8. The second kappa shape index (κ2) is 5.54. The van der Waals surface area contributed by atoms with E-state index >= 15 is 0 Å². The number of nitrogens with zero attached hydrogens (tertiary/aromatic N) is 2. The quantitative estimate of drug-likeness (QED) is 0.943. The molecule has 0 bridgehead atoms. The zero-order valence-corrected chi connectivity index (χ0v) is 12.5. The minimum absolute atomic E-state index is 0.597. The van der Waals surface area contributed by atoms with Crippen LogP contribution in [0.1, 0.15) is 0 Å². The molecule has 1 aliphatic heterocycles. The number of ether oxygens (including phenoxy) is 1. The molecular weight excluding hydrogens is 278 g/mol. The third-order valence-electron chi connectivity index (χ3n) is 3.26. The third kappa shape index (κ3) is 2.65. The van der Waals surface area contributed by atoms with Crippen LogP contribution in [0.2, 0.25) is 0 Å². The molecule has 1 saturated heterocycles. The lowest BCUT2D eigenvalue weighted by Crippen LogP contribution is -2.21. The lowest BCUT2D eigenvalue weighted by atomic mass is 10.3. The summed E-state index contributed by atoms with van der Waals surface area (Å²) in [5, 5.41) is 0.626. The summed E-state index contributed by atoms with van der Waals surface area (Å²) in [6, 6.07) is 5.94. The van der Waals surface area contributed by atoms with Gasteiger partial charge in [0.15, 0.2) is 0 Å². The molecule has 2 N–H and O–H groups in total. The predicted octanol–water partition coefficient (Wildman–Crippen LogP) is 2.48. The highest BCUT2D eigenvalue weighted by Crippen LogP contribution is 2.28. The van der Waals surface area contributed by atoms with E-state index in [9.17, 15) is 0 Å². The summed E-state index contributed by atoms with van der Waals surface area (Å²) in [7, 11) is 1.66. The molecule has 3 rings (SSSR count). The van der Waals surface area contributed by atoms with E-state index in [0.717, 1.165) is 23.3 Å². The van der Waals surface area contributed by atoms with E-state index in [1.165, 1.54) is 17.3 Å². The number of benzene rings is 1. The number of anilines is 1. The predicted molar refractivity (Wildman–Crippen MR) is 84.3 cm³/mol. The Bertz CT molecular complexity index is 579. The second-order valence-electron chi connectivity index (χ2n) is 4.50. The third-order valence-corrected chi connectivity index (χ3v) is 6.08. The first kappa shape index (κ1) is 13.0. The van der Waals surface area contributed by atoms with Gasteiger partial charge in [-0.2, -0.15) is 23.5 Å². The Balaban J connectivity index is 1.91. The number of nitrogen functional groups attached to an aromatic ring is 1. The monoisotopic (exact) mass is 295 g/mol. The minimum atomic E-state index is 0.597. The Morgan fingerprint density at radius 1 is 1.47 bits per heavy atom. The number of nitrogens with two attached hydrogens (primary N) is 1. The van der Waals surface area contributed by atoms with E-state index in [-0.39, 0.29) is 0 Å². The van der Waals surface area contributed by atoms with Crippen molar-refractivity contribution in [1.82, 2.24) is 9.55 Å². The Kier molecular flexibility index (Phi) is 3.79. The van der Waals surface area contributed by atoms with Crippen LogP contribution in [-0.2, 0) is 6.54 Å². The van der Waals surface area contributed by atoms with Crippen LogP contribution >= 0.6 is 23.5 Å². The van der Waals surface area contributed by atoms with Crippen LogP contribution in [0.4, 0.5) is 5.95 Å². The van der Waals surface area contributed by atoms with Gasteiger partial charge in [0.25, 0.3) is 0 Å². The smallest absolute Gasteiger partial charge is 0.201 e. The number of thioether (sulfide) groups is 2. The minimum Gasteiger partial charge on any atom is -0.497 e. The van der Waals surface area contributed by atoms with Gasteiger partial charge in [-0.25, -0.2) is 4.98 Å². The lowest BCUT2D eigenvalue weighted by Gasteiger charge is -2.22. The largest absolute Gasteiger partial charge is 0.497 e. The van der Waals surface area contributed by atoms with E-state index in [4.69, 9.17) is 10.5 Å². The normalized spacial score (nSPS) is 19.7. The van der Waals surface area contributed by atoms with Crippen LogP contribution in [-0.4, -0.2) is 39.2 Å². The average molecular weight is 295 g/mol. The fourth-order valence-corrected chi connectivity index (χ4v) is 4.95. The van der Waals surface area contributed by atoms with Crippen molar-refractivity contribution in [3.63, 3.8) is 0 Å². The van der Waals surface area contributed by atoms with E-state index < -0.39 is 0 Å². The molecule has 4 nitrogen and oxygen atoms in total. The summed E-state index contributed by atoms with van der Waals surface area (Å²) in [5.74, 6) is 5.10. The summed E-state index contributed by atoms with van der Waals surface area (Å²) in [6.45, 7) is 0.937. The molecule has 2 heterocycles. The van der Waals surface area contributed by atoms with Gasteiger partial charge in [-0.15, -0.1) is 0 Å². The Hall–Kier alpha value is -1.01. The molecule has 0 saturated carbocycles. The molecule has 6 heteroatoms. The summed E-state index contributed by atoms with van der Waals surface area (Å²) in [4.78, 5) is 4.43. The van der Waals surface area contributed by atoms with Crippen molar-refractivity contribution in [2.75, 3.05) is 30.1 Å². The SMILES string of the molecule is COc1ccc2c(c1)nc(N)n2CC1CSCCS1. The van der Waals surface area contributed by atoms with Crippen molar-refractivity contribution >= 4 is 40.5 Å². The molecule has 1 aromatic carbocycles. The Morgan fingerprint density at radius 3 is 3.11 bits per heavy atom. The van der Waals surface area contributed by atoms with Gasteiger partial charge >= 0.3 is 0 Å². The topological polar surface area (TPSA) is 53.1 Å². The van der Waals surface area contributed by atoms with Gasteiger partial charge in [-0.05, 0) is 12.1 Å². The maximum Gasteiger partial charge on any atom is 0.201 e. The highest BCUT2D eigenvalue weighted by molar-refractivity contribution is 8.06. The van der Waals surface area contributed by atoms with E-state index in [2.05, 4.69) is 9.55 Å². The fraction of sp³-hybridized carbons (Fsp3) is 0.462. The molecule has 102 valence electrons. The lowest BCUT2D eigenvalue weighted by molar-refractivity contribution is 0.415. The summed E-state index contributed by atoms with van der Waals surface area (Å²) < 4.78 is 7.35. The van der Waals surface area contributed by atoms with E-state index in [1.807, 2.05) is 41.7 Å². The molecule has 1 atom stereocenters. The first-order valence-corrected chi connectivity index (χ1v) is 8.47. The Labute approximate surface area is 121 Å². The van der Waals surface area contributed by atoms with Gasteiger partial charge in [0.2, 0.25) is 5.95 Å². The van der Waals surface area contributed by atoms with Gasteiger partial charge in [-0.3, -0.25) is 0 Å². The molecule has 0 spiro atoms. The van der Waals surface area contributed by atoms with Crippen LogP contribution in [0.5, 0.6) is 5.75 Å². The van der Waals surface area contributed by atoms with Crippen LogP contribution in [0.25, 0.3) is 11.0 Å². The molecule has 1 fully saturated rings. The molecule has 1 aromatic heterocycles. The molecule has 0 radical (unpaired) electrons. The zero-order chi connectivity index (χ0) is 13.2. The van der Waals surface area contributed by atoms with Crippen LogP contribution in [0, 0.1) is 0 Å². The maximum atomic E-state index is 6.06. The number of fused-ring (bicyclic) bond motifs is 1. The molecule has 2 aromatic rings. The summed E-state index contributed by atoms with van der Waals surface area (Å²) in [5.41, 5.74) is 8.06. The van der Waals surface area contributed by atoms with Crippen molar-refractivity contribution in [2.24, 2.45) is 0 Å². The highest BCUT2D eigenvalue weighted by atomic mass is 32.2. The van der Waals surface area contributed by atoms with E-state index in [1.54, 1.807) is 7.11 Å². The fourth-order valence-electron chi connectivity index (χ4n) is 2.29. The molecule has 0 aliphatic carbocycles. The van der Waals surface area contributed by atoms with Gasteiger partial charge in [0.1, 0.15) is 5.75 Å². The Morgan fingerprint density at radius 2 is 2.37 bits per heavy atom. The van der Waals surface area contributed by atoms with E-state index in [0.29, 0.717) is 11.2 Å². The standard InChI is InChI=1S/C13H17N3OS2/c1-17-9-2-3-12-11(6-9)15-13(14)16(12)7-10-8-18-4-5-19-10/h2-3,6,10H,4-5,7-8H2,1H3,(H2,14,15). The van der Waals surface area contributed by atoms with Gasteiger partial charge < -0.3 is 15.0 Å². The van der Waals surface area contributed by atoms with Gasteiger partial charge in [0.05, 0.1) is 18.1 Å². The van der Waals surface area contributed by atoms with Crippen molar-refractivity contribution in [3.05, 3.63) is 18.2 Å². The summed E-state index contributed by atoms with van der Waals surface area (Å²) >= 11 is 4.06. The van der Waals surface area contributed by atoms with Crippen molar-refractivity contribution < 1.29 is 4.74 Å². The molecular formula is C13H17N3OS2. The first-order chi connectivity index (χ1) is 9.28. The molecule has 19 heavy (non-hydrogen) atoms. The molecule has 0 amide bonds. The first-order valence-electron chi connectivity index (χ1n) is 6.27. The van der Waals surface area contributed by atoms with Gasteiger partial charge in [0, 0.05) is 35.1 Å². The maximum absolute atomic E-state index is 6.06. The second-order valence-corrected chi connectivity index (χ2v) is 7.06. The molecule has 1 unspecified atom stereocenters. The highest BCUT2D eigenvalue weighted by Gasteiger charge is 2.18. The summed E-state index contributed by atoms with van der Waals surface area (Å²) in [6.07, 6.45) is 0. The van der Waals surface area contributed by atoms with Gasteiger partial charge in [-0.1, -0.05) is 0 Å². The number of hydrogen-bond donors (Lipinski definition) is 1. The van der Waals surface area contributed by atoms with Crippen molar-refractivity contribution in [3.8, 4) is 5.75 Å². The van der Waals surface area contributed by atoms with Crippen molar-refractivity contribution in [2.45, 2.75) is 11.8 Å². The number of rotatable bonds is 3. The number of aromatic nitrogens is 2. The number of hydrogen-bond acceptors (Lipinski definition) is 5. The molecule has 1 aliphatic rings. The number of imidazole rings is 1. The van der Waals surface area contributed by atoms with Crippen LogP contribution in [0.3, 0.4) is 0 Å². The number of methoxy groups -OCH3 is 1.